The molecule has 0 aromatic heterocycles. The monoisotopic (exact) mass is 241 g/mol. The lowest BCUT2D eigenvalue weighted by atomic mass is 9.89. The van der Waals surface area contributed by atoms with Crippen molar-refractivity contribution in [1.82, 2.24) is 0 Å². The number of carbonyl (C=O) groups excluding carboxylic acids is 3. The molecular formula is C10H9O5S-. The smallest absolute Gasteiger partial charge is 0.309 e. The highest BCUT2D eigenvalue weighted by atomic mass is 32.2. The Balaban J connectivity index is 1.77. The Kier molecular flexibility index (Phi) is 2.04. The Labute approximate surface area is 95.5 Å². The van der Waals surface area contributed by atoms with E-state index in [-0.39, 0.29) is 35.1 Å². The molecule has 0 amide bonds. The van der Waals surface area contributed by atoms with E-state index in [1.165, 1.54) is 0 Å². The average molecular weight is 241 g/mol. The first-order chi connectivity index (χ1) is 7.58. The van der Waals surface area contributed by atoms with Crippen LogP contribution in [0, 0.1) is 17.8 Å². The van der Waals surface area contributed by atoms with Crippen LogP contribution in [-0.4, -0.2) is 28.4 Å². The van der Waals surface area contributed by atoms with E-state index < -0.39 is 11.1 Å². The summed E-state index contributed by atoms with van der Waals surface area (Å²) in [7, 11) is 0. The number of carboxylic acid groups (broad SMARTS) is 1. The van der Waals surface area contributed by atoms with Gasteiger partial charge in [-0.25, -0.2) is 0 Å². The van der Waals surface area contributed by atoms with Crippen LogP contribution < -0.4 is 5.11 Å². The van der Waals surface area contributed by atoms with E-state index in [0.29, 0.717) is 0 Å². The first-order valence-corrected chi connectivity index (χ1v) is 6.08. The van der Waals surface area contributed by atoms with Crippen molar-refractivity contribution in [3.63, 3.8) is 0 Å². The van der Waals surface area contributed by atoms with E-state index in [4.69, 9.17) is 4.74 Å². The van der Waals surface area contributed by atoms with Gasteiger partial charge >= 0.3 is 5.97 Å². The number of fused-ring (bicyclic) bond motifs is 1. The van der Waals surface area contributed by atoms with E-state index in [1.807, 2.05) is 0 Å². The number of esters is 1. The van der Waals surface area contributed by atoms with Crippen molar-refractivity contribution in [2.24, 2.45) is 17.8 Å². The van der Waals surface area contributed by atoms with Gasteiger partial charge in [0.05, 0.1) is 11.2 Å². The lowest BCUT2D eigenvalue weighted by Crippen LogP contribution is -2.35. The third-order valence-electron chi connectivity index (χ3n) is 3.82. The maximum Gasteiger partial charge on any atom is 0.309 e. The molecule has 16 heavy (non-hydrogen) atoms. The summed E-state index contributed by atoms with van der Waals surface area (Å²) < 4.78 is 5.21. The summed E-state index contributed by atoms with van der Waals surface area (Å²) in [6.45, 7) is 0. The van der Waals surface area contributed by atoms with Crippen molar-refractivity contribution in [2.75, 3.05) is 0 Å². The van der Waals surface area contributed by atoms with Crippen molar-refractivity contribution in [1.29, 1.82) is 0 Å². The number of rotatable bonds is 1. The van der Waals surface area contributed by atoms with Crippen LogP contribution in [0.4, 0.5) is 0 Å². The fraction of sp³-hybridized carbons (Fsp3) is 0.700. The van der Waals surface area contributed by atoms with Gasteiger partial charge in [-0.15, -0.1) is 0 Å². The van der Waals surface area contributed by atoms with E-state index in [1.54, 1.807) is 0 Å². The summed E-state index contributed by atoms with van der Waals surface area (Å²) in [5, 5.41) is 9.23. The highest BCUT2D eigenvalue weighted by Gasteiger charge is 2.62. The molecule has 2 aliphatic carbocycles. The van der Waals surface area contributed by atoms with Gasteiger partial charge in [0.15, 0.2) is 0 Å². The molecule has 5 nitrogen and oxygen atoms in total. The van der Waals surface area contributed by atoms with Crippen LogP contribution in [0.25, 0.3) is 0 Å². The molecule has 1 saturated heterocycles. The van der Waals surface area contributed by atoms with E-state index in [9.17, 15) is 19.5 Å². The van der Waals surface area contributed by atoms with Crippen molar-refractivity contribution < 1.29 is 24.2 Å². The second kappa shape index (κ2) is 3.23. The van der Waals surface area contributed by atoms with Crippen LogP contribution in [0.5, 0.6) is 0 Å². The number of carbonyl (C=O) groups is 3. The largest absolute Gasteiger partial charge is 0.541 e. The molecule has 1 heterocycles. The molecule has 3 fully saturated rings. The summed E-state index contributed by atoms with van der Waals surface area (Å²) in [4.78, 5) is 32.9. The third-order valence-corrected chi connectivity index (χ3v) is 5.13. The number of carboxylic acids is 1. The van der Waals surface area contributed by atoms with Crippen LogP contribution in [-0.2, 0) is 19.1 Å². The molecule has 0 aromatic carbocycles. The predicted molar refractivity (Wildman–Crippen MR) is 51.0 cm³/mol. The van der Waals surface area contributed by atoms with Crippen LogP contribution in [0.3, 0.4) is 0 Å². The van der Waals surface area contributed by atoms with Gasteiger partial charge in [-0.3, -0.25) is 9.59 Å². The summed E-state index contributed by atoms with van der Waals surface area (Å²) in [6, 6.07) is 0. The number of thioether (sulfide) groups is 1. The molecule has 6 heteroatoms. The molecule has 3 aliphatic rings. The molecule has 5 atom stereocenters. The summed E-state index contributed by atoms with van der Waals surface area (Å²) in [5.41, 5.74) is 0. The molecule has 0 N–H and O–H groups in total. The quantitative estimate of drug-likeness (QED) is 0.430. The van der Waals surface area contributed by atoms with Gasteiger partial charge in [-0.05, 0) is 18.8 Å². The van der Waals surface area contributed by atoms with E-state index in [0.717, 1.165) is 24.6 Å². The van der Waals surface area contributed by atoms with E-state index in [2.05, 4.69) is 0 Å². The minimum Gasteiger partial charge on any atom is -0.541 e. The van der Waals surface area contributed by atoms with Crippen LogP contribution >= 0.6 is 11.8 Å². The van der Waals surface area contributed by atoms with Gasteiger partial charge in [0.2, 0.25) is 5.12 Å². The highest BCUT2D eigenvalue weighted by molar-refractivity contribution is 8.15. The second-order valence-corrected chi connectivity index (χ2v) is 5.71. The van der Waals surface area contributed by atoms with Gasteiger partial charge in [0.25, 0.3) is 0 Å². The second-order valence-electron chi connectivity index (χ2n) is 4.56. The summed E-state index contributed by atoms with van der Waals surface area (Å²) in [5.74, 6) is -1.43. The maximum absolute atomic E-state index is 11.4. The van der Waals surface area contributed by atoms with Gasteiger partial charge in [0, 0.05) is 5.92 Å². The number of hydrogen-bond donors (Lipinski definition) is 0. The standard InChI is InChI=1S/C10H10O5S/c11-8(12)10(14)16-7-3-1-4-5(2-3)9(13)15-6(4)7/h3-7H,1-2H2,(H,11,12)/p-1. The van der Waals surface area contributed by atoms with Gasteiger partial charge < -0.3 is 14.6 Å². The van der Waals surface area contributed by atoms with Crippen molar-refractivity contribution in [3.8, 4) is 0 Å². The van der Waals surface area contributed by atoms with Crippen molar-refractivity contribution >= 4 is 28.8 Å². The molecule has 2 saturated carbocycles. The predicted octanol–water partition coefficient (Wildman–Crippen LogP) is -1.05. The summed E-state index contributed by atoms with van der Waals surface area (Å²) in [6.07, 6.45) is 1.35. The minimum absolute atomic E-state index is 0.00935. The molecule has 3 rings (SSSR count). The molecule has 1 aliphatic heterocycles. The van der Waals surface area contributed by atoms with E-state index >= 15 is 0 Å². The fourth-order valence-corrected chi connectivity index (χ4v) is 4.39. The van der Waals surface area contributed by atoms with Crippen LogP contribution in [0.15, 0.2) is 0 Å². The number of ether oxygens (including phenoxy) is 1. The van der Waals surface area contributed by atoms with Crippen LogP contribution in [0.2, 0.25) is 0 Å². The summed E-state index contributed by atoms with van der Waals surface area (Å²) >= 11 is 0.762. The number of aliphatic carboxylic acids is 1. The zero-order valence-corrected chi connectivity index (χ0v) is 9.07. The Morgan fingerprint density at radius 1 is 1.38 bits per heavy atom. The maximum atomic E-state index is 11.4. The van der Waals surface area contributed by atoms with Crippen LogP contribution in [0.1, 0.15) is 12.8 Å². The lowest BCUT2D eigenvalue weighted by Gasteiger charge is -2.23. The van der Waals surface area contributed by atoms with Gasteiger partial charge in [-0.1, -0.05) is 11.8 Å². The Morgan fingerprint density at radius 2 is 2.12 bits per heavy atom. The molecule has 2 bridgehead atoms. The number of hydrogen-bond acceptors (Lipinski definition) is 6. The Hall–Kier alpha value is -1.04. The Bertz CT molecular complexity index is 393. The zero-order valence-electron chi connectivity index (χ0n) is 8.25. The lowest BCUT2D eigenvalue weighted by molar-refractivity contribution is -0.298. The Morgan fingerprint density at radius 3 is 2.81 bits per heavy atom. The van der Waals surface area contributed by atoms with Gasteiger partial charge in [-0.2, -0.15) is 0 Å². The molecule has 86 valence electrons. The van der Waals surface area contributed by atoms with Crippen molar-refractivity contribution in [3.05, 3.63) is 0 Å². The molecule has 0 spiro atoms. The first kappa shape index (κ1) is 10.1. The third kappa shape index (κ3) is 1.22. The average Bonchev–Trinajstić information content (AvgIpc) is 2.81. The fourth-order valence-electron chi connectivity index (χ4n) is 3.24. The SMILES string of the molecule is O=C([O-])C(=O)SC1C2CC3C(=O)OC1C3C2. The normalized spacial score (nSPS) is 43.5. The molecule has 0 radical (unpaired) electrons. The zero-order chi connectivity index (χ0) is 11.4. The molecular weight excluding hydrogens is 232 g/mol. The minimum atomic E-state index is -1.67. The topological polar surface area (TPSA) is 83.5 Å². The van der Waals surface area contributed by atoms with Gasteiger partial charge in [0.1, 0.15) is 12.1 Å². The molecule has 5 unspecified atom stereocenters. The molecule has 0 aromatic rings. The highest BCUT2D eigenvalue weighted by Crippen LogP contribution is 2.57. The first-order valence-electron chi connectivity index (χ1n) is 5.20. The van der Waals surface area contributed by atoms with Crippen molar-refractivity contribution in [2.45, 2.75) is 24.2 Å².